The van der Waals surface area contributed by atoms with Crippen molar-refractivity contribution in [2.45, 2.75) is 32.4 Å². The molecule has 0 bridgehead atoms. The molecule has 27 heavy (non-hydrogen) atoms. The molecule has 4 heterocycles. The first-order chi connectivity index (χ1) is 13.1. The predicted molar refractivity (Wildman–Crippen MR) is 109 cm³/mol. The molecule has 2 aliphatic heterocycles. The lowest BCUT2D eigenvalue weighted by Crippen LogP contribution is -2.48. The molecule has 0 aromatic carbocycles. The minimum Gasteiger partial charge on any atom is -0.336 e. The minimum atomic E-state index is 0.0374. The highest BCUT2D eigenvalue weighted by Gasteiger charge is 2.23. The zero-order valence-electron chi connectivity index (χ0n) is 16.0. The molecule has 0 aliphatic carbocycles. The molecule has 2 aromatic heterocycles. The van der Waals surface area contributed by atoms with Crippen molar-refractivity contribution in [1.82, 2.24) is 24.9 Å². The van der Waals surface area contributed by atoms with Gasteiger partial charge in [-0.15, -0.1) is 11.3 Å². The van der Waals surface area contributed by atoms with Crippen LogP contribution < -0.4 is 5.32 Å². The van der Waals surface area contributed by atoms with Crippen molar-refractivity contribution in [2.24, 2.45) is 7.05 Å². The average molecular weight is 386 g/mol. The number of urea groups is 1. The van der Waals surface area contributed by atoms with E-state index in [1.165, 1.54) is 16.0 Å². The van der Waals surface area contributed by atoms with Gasteiger partial charge in [-0.25, -0.2) is 4.79 Å². The molecule has 7 heteroatoms. The van der Waals surface area contributed by atoms with Crippen LogP contribution in [0.15, 0.2) is 29.8 Å². The summed E-state index contributed by atoms with van der Waals surface area (Å²) in [5.41, 5.74) is 3.86. The third kappa shape index (κ3) is 3.94. The van der Waals surface area contributed by atoms with Crippen LogP contribution in [0.1, 0.15) is 29.5 Å². The SMILES string of the molecule is CC(CNC(=O)N1CC=C(c2ccnn2C)CC1)N1CCc2sccc2C1. The molecule has 0 saturated carbocycles. The summed E-state index contributed by atoms with van der Waals surface area (Å²) in [4.78, 5) is 18.4. The van der Waals surface area contributed by atoms with Crippen LogP contribution in [-0.4, -0.2) is 57.8 Å². The number of rotatable bonds is 4. The van der Waals surface area contributed by atoms with Gasteiger partial charge in [-0.1, -0.05) is 6.08 Å². The van der Waals surface area contributed by atoms with Crippen molar-refractivity contribution in [3.05, 3.63) is 45.9 Å². The van der Waals surface area contributed by atoms with Gasteiger partial charge in [0.25, 0.3) is 0 Å². The third-order valence-electron chi connectivity index (χ3n) is 5.66. The highest BCUT2D eigenvalue weighted by molar-refractivity contribution is 7.10. The number of carbonyl (C=O) groups is 1. The van der Waals surface area contributed by atoms with Crippen molar-refractivity contribution in [3.8, 4) is 0 Å². The van der Waals surface area contributed by atoms with Crippen LogP contribution in [0.2, 0.25) is 0 Å². The zero-order valence-corrected chi connectivity index (χ0v) is 16.8. The van der Waals surface area contributed by atoms with Crippen LogP contribution in [0.25, 0.3) is 5.57 Å². The van der Waals surface area contributed by atoms with Crippen LogP contribution >= 0.6 is 11.3 Å². The van der Waals surface area contributed by atoms with Gasteiger partial charge >= 0.3 is 6.03 Å². The summed E-state index contributed by atoms with van der Waals surface area (Å²) in [6.07, 6.45) is 5.96. The molecule has 144 valence electrons. The van der Waals surface area contributed by atoms with Gasteiger partial charge in [0.1, 0.15) is 0 Å². The van der Waals surface area contributed by atoms with E-state index >= 15 is 0 Å². The predicted octanol–water partition coefficient (Wildman–Crippen LogP) is 2.73. The van der Waals surface area contributed by atoms with Crippen molar-refractivity contribution in [1.29, 1.82) is 0 Å². The molecule has 0 spiro atoms. The van der Waals surface area contributed by atoms with Crippen molar-refractivity contribution < 1.29 is 4.79 Å². The number of carbonyl (C=O) groups excluding carboxylic acids is 1. The molecule has 0 saturated heterocycles. The van der Waals surface area contributed by atoms with Crippen LogP contribution in [0.4, 0.5) is 4.79 Å². The number of aryl methyl sites for hydroxylation is 1. The Morgan fingerprint density at radius 1 is 1.33 bits per heavy atom. The molecule has 2 amide bonds. The Kier molecular flexibility index (Phi) is 5.31. The summed E-state index contributed by atoms with van der Waals surface area (Å²) < 4.78 is 1.89. The van der Waals surface area contributed by atoms with E-state index in [0.717, 1.165) is 38.2 Å². The second-order valence-corrected chi connectivity index (χ2v) is 8.39. The summed E-state index contributed by atoms with van der Waals surface area (Å²) >= 11 is 1.86. The molecule has 1 N–H and O–H groups in total. The van der Waals surface area contributed by atoms with Crippen molar-refractivity contribution in [3.63, 3.8) is 0 Å². The topological polar surface area (TPSA) is 53.4 Å². The summed E-state index contributed by atoms with van der Waals surface area (Å²) in [6.45, 7) is 6.37. The van der Waals surface area contributed by atoms with E-state index in [9.17, 15) is 4.79 Å². The molecule has 6 nitrogen and oxygen atoms in total. The van der Waals surface area contributed by atoms with E-state index in [2.05, 4.69) is 39.8 Å². The van der Waals surface area contributed by atoms with Crippen molar-refractivity contribution in [2.75, 3.05) is 26.2 Å². The Bertz CT molecular complexity index is 839. The Morgan fingerprint density at radius 2 is 2.22 bits per heavy atom. The largest absolute Gasteiger partial charge is 0.336 e. The normalized spacial score (nSPS) is 18.7. The number of nitrogens with one attached hydrogen (secondary N) is 1. The lowest BCUT2D eigenvalue weighted by molar-refractivity contribution is 0.175. The number of hydrogen-bond donors (Lipinski definition) is 1. The zero-order chi connectivity index (χ0) is 18.8. The van der Waals surface area contributed by atoms with E-state index in [4.69, 9.17) is 0 Å². The molecule has 2 aliphatic rings. The van der Waals surface area contributed by atoms with Gasteiger partial charge in [0.05, 0.1) is 5.69 Å². The van der Waals surface area contributed by atoms with Gasteiger partial charge < -0.3 is 10.2 Å². The lowest BCUT2D eigenvalue weighted by Gasteiger charge is -2.33. The summed E-state index contributed by atoms with van der Waals surface area (Å²) in [5.74, 6) is 0. The summed E-state index contributed by atoms with van der Waals surface area (Å²) in [7, 11) is 1.95. The number of aromatic nitrogens is 2. The number of fused-ring (bicyclic) bond motifs is 1. The second kappa shape index (κ2) is 7.86. The Hall–Kier alpha value is -2.12. The van der Waals surface area contributed by atoms with Gasteiger partial charge in [0, 0.05) is 56.9 Å². The highest BCUT2D eigenvalue weighted by Crippen LogP contribution is 2.25. The Balaban J connectivity index is 1.26. The standard InChI is InChI=1S/C20H27N5OS/c1-15(25-11-6-19-17(14-25)7-12-27-19)13-21-20(26)24-9-4-16(5-10-24)18-3-8-22-23(18)2/h3-4,7-8,12,15H,5-6,9-11,13-14H2,1-2H3,(H,21,26). The van der Waals surface area contributed by atoms with Crippen LogP contribution in [0.5, 0.6) is 0 Å². The Labute approximate surface area is 164 Å². The summed E-state index contributed by atoms with van der Waals surface area (Å²) in [6, 6.07) is 4.64. The molecular weight excluding hydrogens is 358 g/mol. The van der Waals surface area contributed by atoms with Crippen molar-refractivity contribution >= 4 is 22.9 Å². The smallest absolute Gasteiger partial charge is 0.317 e. The lowest BCUT2D eigenvalue weighted by atomic mass is 10.1. The second-order valence-electron chi connectivity index (χ2n) is 7.39. The summed E-state index contributed by atoms with van der Waals surface area (Å²) in [5, 5.41) is 9.54. The molecule has 2 aromatic rings. The molecule has 1 unspecified atom stereocenters. The van der Waals surface area contributed by atoms with Gasteiger partial charge in [-0.2, -0.15) is 5.10 Å². The average Bonchev–Trinajstić information content (AvgIpc) is 3.34. The first kappa shape index (κ1) is 18.3. The molecule has 1 atom stereocenters. The first-order valence-corrected chi connectivity index (χ1v) is 10.5. The Morgan fingerprint density at radius 3 is 2.96 bits per heavy atom. The maximum Gasteiger partial charge on any atom is 0.317 e. The van der Waals surface area contributed by atoms with E-state index < -0.39 is 0 Å². The maximum atomic E-state index is 12.6. The van der Waals surface area contributed by atoms with E-state index in [-0.39, 0.29) is 6.03 Å². The fourth-order valence-corrected chi connectivity index (χ4v) is 4.79. The fraction of sp³-hybridized carbons (Fsp3) is 0.500. The minimum absolute atomic E-state index is 0.0374. The fourth-order valence-electron chi connectivity index (χ4n) is 3.90. The van der Waals surface area contributed by atoms with Gasteiger partial charge in [-0.3, -0.25) is 9.58 Å². The van der Waals surface area contributed by atoms with Gasteiger partial charge in [0.15, 0.2) is 0 Å². The highest BCUT2D eigenvalue weighted by atomic mass is 32.1. The maximum absolute atomic E-state index is 12.6. The number of amides is 2. The molecule has 0 radical (unpaired) electrons. The molecule has 4 rings (SSSR count). The third-order valence-corrected chi connectivity index (χ3v) is 6.68. The quantitative estimate of drug-likeness (QED) is 0.880. The number of hydrogen-bond acceptors (Lipinski definition) is 4. The van der Waals surface area contributed by atoms with Crippen LogP contribution in [-0.2, 0) is 20.0 Å². The van der Waals surface area contributed by atoms with E-state index in [0.29, 0.717) is 19.1 Å². The number of thiophene rings is 1. The first-order valence-electron chi connectivity index (χ1n) is 9.61. The van der Waals surface area contributed by atoms with E-state index in [1.807, 2.05) is 40.2 Å². The molecule has 0 fully saturated rings. The van der Waals surface area contributed by atoms with E-state index in [1.54, 1.807) is 0 Å². The van der Waals surface area contributed by atoms with Crippen LogP contribution in [0.3, 0.4) is 0 Å². The van der Waals surface area contributed by atoms with Crippen LogP contribution in [0, 0.1) is 0 Å². The molecular formula is C20H27N5OS. The van der Waals surface area contributed by atoms with Gasteiger partial charge in [0.2, 0.25) is 0 Å². The van der Waals surface area contributed by atoms with Gasteiger partial charge in [-0.05, 0) is 48.4 Å². The monoisotopic (exact) mass is 385 g/mol. The number of nitrogens with zero attached hydrogens (tertiary/aromatic N) is 4.